The van der Waals surface area contributed by atoms with Gasteiger partial charge in [-0.1, -0.05) is 37.6 Å². The third kappa shape index (κ3) is 6.71. The maximum Gasteiger partial charge on any atom is 0.0802 e. The summed E-state index contributed by atoms with van der Waals surface area (Å²) in [5.41, 5.74) is 0.922. The molecule has 0 spiro atoms. The molecule has 1 N–H and O–H groups in total. The molecule has 0 aromatic heterocycles. The summed E-state index contributed by atoms with van der Waals surface area (Å²) in [6.07, 6.45) is 0.280. The second kappa shape index (κ2) is 9.35. The Morgan fingerprint density at radius 2 is 1.85 bits per heavy atom. The third-order valence-corrected chi connectivity index (χ3v) is 3.46. The largest absolute Gasteiger partial charge is 0.388 e. The number of nitrogens with zero attached hydrogens (tertiary/aromatic N) is 1. The number of hydrogen-bond acceptors (Lipinski definition) is 3. The zero-order valence-electron chi connectivity index (χ0n) is 12.7. The molecule has 0 aliphatic carbocycles. The van der Waals surface area contributed by atoms with Crippen molar-refractivity contribution in [3.63, 3.8) is 0 Å². The standard InChI is InChI=1S/C16H26ClNO2/c1-13(2)12-18(10-11-20-3)9-8-16(19)14-4-6-15(17)7-5-14/h4-7,13,16,19H,8-12H2,1-3H3. The fourth-order valence-electron chi connectivity index (χ4n) is 2.19. The number of rotatable bonds is 9. The minimum Gasteiger partial charge on any atom is -0.388 e. The van der Waals surface area contributed by atoms with Crippen molar-refractivity contribution in [1.29, 1.82) is 0 Å². The van der Waals surface area contributed by atoms with Crippen LogP contribution >= 0.6 is 11.6 Å². The quantitative estimate of drug-likeness (QED) is 0.759. The molecule has 0 saturated heterocycles. The van der Waals surface area contributed by atoms with E-state index in [4.69, 9.17) is 16.3 Å². The first-order valence-electron chi connectivity index (χ1n) is 7.17. The van der Waals surface area contributed by atoms with Gasteiger partial charge in [0, 0.05) is 31.8 Å². The highest BCUT2D eigenvalue weighted by Crippen LogP contribution is 2.19. The normalized spacial score (nSPS) is 13.2. The molecule has 114 valence electrons. The molecule has 1 aromatic rings. The van der Waals surface area contributed by atoms with E-state index in [0.29, 0.717) is 10.9 Å². The molecule has 4 heteroatoms. The highest BCUT2D eigenvalue weighted by molar-refractivity contribution is 6.30. The Kier molecular flexibility index (Phi) is 8.15. The molecular formula is C16H26ClNO2. The second-order valence-corrected chi connectivity index (χ2v) is 5.98. The molecular weight excluding hydrogens is 274 g/mol. The lowest BCUT2D eigenvalue weighted by molar-refractivity contribution is 0.111. The van der Waals surface area contributed by atoms with E-state index in [9.17, 15) is 5.11 Å². The lowest BCUT2D eigenvalue weighted by Crippen LogP contribution is -2.32. The summed E-state index contributed by atoms with van der Waals surface area (Å²) in [7, 11) is 1.72. The van der Waals surface area contributed by atoms with E-state index in [1.807, 2.05) is 24.3 Å². The Morgan fingerprint density at radius 3 is 2.40 bits per heavy atom. The fourth-order valence-corrected chi connectivity index (χ4v) is 2.31. The van der Waals surface area contributed by atoms with Crippen LogP contribution in [0.3, 0.4) is 0 Å². The lowest BCUT2D eigenvalue weighted by atomic mass is 10.1. The molecule has 0 heterocycles. The summed E-state index contributed by atoms with van der Waals surface area (Å²) in [6.45, 7) is 7.93. The van der Waals surface area contributed by atoms with Gasteiger partial charge in [-0.25, -0.2) is 0 Å². The van der Waals surface area contributed by atoms with Crippen LogP contribution in [0.4, 0.5) is 0 Å². The van der Waals surface area contributed by atoms with E-state index in [1.165, 1.54) is 0 Å². The fraction of sp³-hybridized carbons (Fsp3) is 0.625. The predicted molar refractivity (Wildman–Crippen MR) is 84.2 cm³/mol. The number of aliphatic hydroxyl groups is 1. The molecule has 0 radical (unpaired) electrons. The number of hydrogen-bond donors (Lipinski definition) is 1. The van der Waals surface area contributed by atoms with E-state index in [1.54, 1.807) is 7.11 Å². The first-order valence-corrected chi connectivity index (χ1v) is 7.55. The van der Waals surface area contributed by atoms with Crippen molar-refractivity contribution < 1.29 is 9.84 Å². The molecule has 3 nitrogen and oxygen atoms in total. The van der Waals surface area contributed by atoms with Crippen molar-refractivity contribution in [1.82, 2.24) is 4.90 Å². The molecule has 0 saturated carbocycles. The van der Waals surface area contributed by atoms with E-state index in [-0.39, 0.29) is 0 Å². The minimum absolute atomic E-state index is 0.440. The summed E-state index contributed by atoms with van der Waals surface area (Å²) in [5.74, 6) is 0.611. The average molecular weight is 300 g/mol. The first-order chi connectivity index (χ1) is 9.52. The molecule has 1 unspecified atom stereocenters. The minimum atomic E-state index is -0.440. The summed E-state index contributed by atoms with van der Waals surface area (Å²) >= 11 is 5.85. The van der Waals surface area contributed by atoms with Crippen LogP contribution in [-0.4, -0.2) is 43.4 Å². The lowest BCUT2D eigenvalue weighted by Gasteiger charge is -2.25. The van der Waals surface area contributed by atoms with Crippen molar-refractivity contribution >= 4 is 11.6 Å². The van der Waals surface area contributed by atoms with Gasteiger partial charge in [0.1, 0.15) is 0 Å². The topological polar surface area (TPSA) is 32.7 Å². The smallest absolute Gasteiger partial charge is 0.0802 e. The Balaban J connectivity index is 2.46. The van der Waals surface area contributed by atoms with Crippen molar-refractivity contribution in [3.05, 3.63) is 34.9 Å². The van der Waals surface area contributed by atoms with Crippen LogP contribution in [0.2, 0.25) is 5.02 Å². The molecule has 0 amide bonds. The summed E-state index contributed by atoms with van der Waals surface area (Å²) in [6, 6.07) is 7.40. The number of halogens is 1. The molecule has 20 heavy (non-hydrogen) atoms. The van der Waals surface area contributed by atoms with Crippen molar-refractivity contribution in [2.45, 2.75) is 26.4 Å². The molecule has 1 aromatic carbocycles. The SMILES string of the molecule is COCCN(CCC(O)c1ccc(Cl)cc1)CC(C)C. The Morgan fingerprint density at radius 1 is 1.20 bits per heavy atom. The Bertz CT molecular complexity index is 367. The van der Waals surface area contributed by atoms with Gasteiger partial charge in [0.25, 0.3) is 0 Å². The van der Waals surface area contributed by atoms with Crippen LogP contribution in [0.1, 0.15) is 31.9 Å². The monoisotopic (exact) mass is 299 g/mol. The van der Waals surface area contributed by atoms with Gasteiger partial charge in [-0.15, -0.1) is 0 Å². The van der Waals surface area contributed by atoms with E-state index < -0.39 is 6.10 Å². The van der Waals surface area contributed by atoms with Crippen LogP contribution in [0.15, 0.2) is 24.3 Å². The maximum absolute atomic E-state index is 10.2. The molecule has 0 aliphatic heterocycles. The molecule has 0 fully saturated rings. The van der Waals surface area contributed by atoms with E-state index in [2.05, 4.69) is 18.7 Å². The summed E-state index contributed by atoms with van der Waals surface area (Å²) in [5, 5.41) is 10.9. The molecule has 1 atom stereocenters. The summed E-state index contributed by atoms with van der Waals surface area (Å²) < 4.78 is 5.14. The second-order valence-electron chi connectivity index (χ2n) is 5.54. The molecule has 1 rings (SSSR count). The van der Waals surface area contributed by atoms with Gasteiger partial charge in [0.15, 0.2) is 0 Å². The van der Waals surface area contributed by atoms with Crippen LogP contribution in [-0.2, 0) is 4.74 Å². The number of benzene rings is 1. The molecule has 0 aliphatic rings. The highest BCUT2D eigenvalue weighted by atomic mass is 35.5. The van der Waals surface area contributed by atoms with Crippen LogP contribution < -0.4 is 0 Å². The van der Waals surface area contributed by atoms with E-state index >= 15 is 0 Å². The van der Waals surface area contributed by atoms with Gasteiger partial charge < -0.3 is 14.7 Å². The van der Waals surface area contributed by atoms with Crippen LogP contribution in [0.25, 0.3) is 0 Å². The van der Waals surface area contributed by atoms with Crippen molar-refractivity contribution in [2.24, 2.45) is 5.92 Å². The number of ether oxygens (including phenoxy) is 1. The maximum atomic E-state index is 10.2. The highest BCUT2D eigenvalue weighted by Gasteiger charge is 2.12. The number of methoxy groups -OCH3 is 1. The van der Waals surface area contributed by atoms with Gasteiger partial charge in [0.2, 0.25) is 0 Å². The first kappa shape index (κ1) is 17.4. The zero-order valence-corrected chi connectivity index (χ0v) is 13.4. The Labute approximate surface area is 127 Å². The van der Waals surface area contributed by atoms with Crippen molar-refractivity contribution in [3.8, 4) is 0 Å². The van der Waals surface area contributed by atoms with Crippen LogP contribution in [0, 0.1) is 5.92 Å². The predicted octanol–water partition coefficient (Wildman–Crippen LogP) is 3.37. The van der Waals surface area contributed by atoms with Crippen molar-refractivity contribution in [2.75, 3.05) is 33.4 Å². The average Bonchev–Trinajstić information content (AvgIpc) is 2.41. The van der Waals surface area contributed by atoms with Gasteiger partial charge in [-0.05, 0) is 30.0 Å². The zero-order chi connectivity index (χ0) is 15.0. The summed E-state index contributed by atoms with van der Waals surface area (Å²) in [4.78, 5) is 2.34. The van der Waals surface area contributed by atoms with Gasteiger partial charge in [-0.2, -0.15) is 0 Å². The van der Waals surface area contributed by atoms with Gasteiger partial charge >= 0.3 is 0 Å². The Hall–Kier alpha value is -0.610. The number of aliphatic hydroxyl groups excluding tert-OH is 1. The van der Waals surface area contributed by atoms with Gasteiger partial charge in [0.05, 0.1) is 12.7 Å². The van der Waals surface area contributed by atoms with E-state index in [0.717, 1.165) is 38.2 Å². The van der Waals surface area contributed by atoms with Gasteiger partial charge in [-0.3, -0.25) is 0 Å². The van der Waals surface area contributed by atoms with Crippen LogP contribution in [0.5, 0.6) is 0 Å². The third-order valence-electron chi connectivity index (χ3n) is 3.21. The molecule has 0 bridgehead atoms.